The van der Waals surface area contributed by atoms with Crippen molar-refractivity contribution in [3.05, 3.63) is 30.1 Å². The third kappa shape index (κ3) is 2.49. The standard InChI is InChI=1S/C15H21N3O2S/c19-21(20,14-1-2-14)18-11-15(12-18)5-8-17(10-15)9-13-3-6-16-7-4-13/h3-4,6-7,14H,1-2,5,8-12H2. The van der Waals surface area contributed by atoms with Crippen LogP contribution < -0.4 is 0 Å². The molecule has 1 saturated carbocycles. The zero-order valence-electron chi connectivity index (χ0n) is 12.1. The fourth-order valence-electron chi connectivity index (χ4n) is 3.63. The molecule has 0 amide bonds. The van der Waals surface area contributed by atoms with Crippen molar-refractivity contribution in [2.45, 2.75) is 31.1 Å². The van der Waals surface area contributed by atoms with Gasteiger partial charge in [-0.05, 0) is 43.5 Å². The number of nitrogens with zero attached hydrogens (tertiary/aromatic N) is 3. The smallest absolute Gasteiger partial charge is 0.217 e. The summed E-state index contributed by atoms with van der Waals surface area (Å²) in [6.45, 7) is 4.50. The Hall–Kier alpha value is -0.980. The summed E-state index contributed by atoms with van der Waals surface area (Å²) in [5, 5.41) is -0.0656. The van der Waals surface area contributed by atoms with Crippen LogP contribution in [0.4, 0.5) is 0 Å². The quantitative estimate of drug-likeness (QED) is 0.835. The second-order valence-electron chi connectivity index (χ2n) is 6.83. The van der Waals surface area contributed by atoms with E-state index >= 15 is 0 Å². The van der Waals surface area contributed by atoms with Crippen LogP contribution in [0, 0.1) is 5.41 Å². The monoisotopic (exact) mass is 307 g/mol. The van der Waals surface area contributed by atoms with Crippen LogP contribution in [0.25, 0.3) is 0 Å². The van der Waals surface area contributed by atoms with Gasteiger partial charge in [0, 0.05) is 44.0 Å². The van der Waals surface area contributed by atoms with E-state index in [4.69, 9.17) is 0 Å². The van der Waals surface area contributed by atoms with E-state index < -0.39 is 10.0 Å². The van der Waals surface area contributed by atoms with E-state index in [1.54, 1.807) is 4.31 Å². The summed E-state index contributed by atoms with van der Waals surface area (Å²) in [7, 11) is -2.96. The molecule has 0 N–H and O–H groups in total. The topological polar surface area (TPSA) is 53.5 Å². The Labute approximate surface area is 126 Å². The van der Waals surface area contributed by atoms with Crippen LogP contribution in [0.2, 0.25) is 0 Å². The Bertz CT molecular complexity index is 622. The molecule has 3 fully saturated rings. The first-order valence-electron chi connectivity index (χ1n) is 7.68. The molecule has 0 unspecified atom stereocenters. The molecule has 5 nitrogen and oxygen atoms in total. The summed E-state index contributed by atoms with van der Waals surface area (Å²) < 4.78 is 26.1. The van der Waals surface area contributed by atoms with E-state index in [0.29, 0.717) is 0 Å². The molecular formula is C15H21N3O2S. The first kappa shape index (κ1) is 13.7. The van der Waals surface area contributed by atoms with Crippen LogP contribution in [-0.4, -0.2) is 54.0 Å². The Morgan fingerprint density at radius 3 is 2.57 bits per heavy atom. The maximum Gasteiger partial charge on any atom is 0.217 e. The fraction of sp³-hybridized carbons (Fsp3) is 0.667. The second-order valence-corrected chi connectivity index (χ2v) is 9.04. The van der Waals surface area contributed by atoms with Crippen molar-refractivity contribution in [1.82, 2.24) is 14.2 Å². The Kier molecular flexibility index (Phi) is 3.10. The van der Waals surface area contributed by atoms with Gasteiger partial charge in [-0.3, -0.25) is 9.88 Å². The predicted molar refractivity (Wildman–Crippen MR) is 80.1 cm³/mol. The van der Waals surface area contributed by atoms with E-state index in [1.807, 2.05) is 12.4 Å². The molecule has 2 saturated heterocycles. The van der Waals surface area contributed by atoms with Gasteiger partial charge in [0.1, 0.15) is 0 Å². The molecule has 4 rings (SSSR count). The number of rotatable bonds is 4. The Morgan fingerprint density at radius 2 is 1.90 bits per heavy atom. The van der Waals surface area contributed by atoms with Crippen LogP contribution >= 0.6 is 0 Å². The van der Waals surface area contributed by atoms with Gasteiger partial charge in [0.2, 0.25) is 10.0 Å². The average molecular weight is 307 g/mol. The molecular weight excluding hydrogens is 286 g/mol. The second kappa shape index (κ2) is 4.76. The first-order chi connectivity index (χ1) is 10.1. The van der Waals surface area contributed by atoms with E-state index in [0.717, 1.165) is 52.0 Å². The van der Waals surface area contributed by atoms with Crippen molar-refractivity contribution in [2.75, 3.05) is 26.2 Å². The summed E-state index contributed by atoms with van der Waals surface area (Å²) >= 11 is 0. The highest BCUT2D eigenvalue weighted by Gasteiger charge is 2.54. The van der Waals surface area contributed by atoms with Gasteiger partial charge < -0.3 is 0 Å². The molecule has 3 aliphatic rings. The van der Waals surface area contributed by atoms with Gasteiger partial charge in [-0.2, -0.15) is 0 Å². The SMILES string of the molecule is O=S(=O)(C1CC1)N1CC2(CCN(Cc3ccncc3)C2)C1. The Morgan fingerprint density at radius 1 is 1.19 bits per heavy atom. The van der Waals surface area contributed by atoms with Gasteiger partial charge in [-0.1, -0.05) is 0 Å². The summed E-state index contributed by atoms with van der Waals surface area (Å²) in [4.78, 5) is 6.48. The van der Waals surface area contributed by atoms with Crippen molar-refractivity contribution in [3.63, 3.8) is 0 Å². The highest BCUT2D eigenvalue weighted by atomic mass is 32.2. The van der Waals surface area contributed by atoms with E-state index in [-0.39, 0.29) is 10.7 Å². The molecule has 0 aromatic carbocycles. The van der Waals surface area contributed by atoms with Crippen LogP contribution in [0.5, 0.6) is 0 Å². The molecule has 2 aliphatic heterocycles. The van der Waals surface area contributed by atoms with Gasteiger partial charge in [0.15, 0.2) is 0 Å². The highest BCUT2D eigenvalue weighted by Crippen LogP contribution is 2.44. The summed E-state index contributed by atoms with van der Waals surface area (Å²) in [6.07, 6.45) is 6.50. The molecule has 0 radical (unpaired) electrons. The van der Waals surface area contributed by atoms with Gasteiger partial charge in [0.25, 0.3) is 0 Å². The average Bonchev–Trinajstić information content (AvgIpc) is 3.20. The number of pyridine rings is 1. The van der Waals surface area contributed by atoms with Gasteiger partial charge in [-0.25, -0.2) is 12.7 Å². The molecule has 1 spiro atoms. The lowest BCUT2D eigenvalue weighted by Crippen LogP contribution is -2.60. The van der Waals surface area contributed by atoms with E-state index in [1.165, 1.54) is 5.56 Å². The van der Waals surface area contributed by atoms with Crippen LogP contribution in [0.15, 0.2) is 24.5 Å². The lowest BCUT2D eigenvalue weighted by atomic mass is 9.81. The van der Waals surface area contributed by atoms with Crippen molar-refractivity contribution < 1.29 is 8.42 Å². The third-order valence-corrected chi connectivity index (χ3v) is 7.29. The molecule has 1 aromatic heterocycles. The third-order valence-electron chi connectivity index (χ3n) is 5.00. The maximum absolute atomic E-state index is 12.2. The van der Waals surface area contributed by atoms with Gasteiger partial charge >= 0.3 is 0 Å². The number of aromatic nitrogens is 1. The normalized spacial score (nSPS) is 26.1. The van der Waals surface area contributed by atoms with Gasteiger partial charge in [0.05, 0.1) is 5.25 Å². The fourth-order valence-corrected chi connectivity index (χ4v) is 5.69. The number of sulfonamides is 1. The number of hydrogen-bond acceptors (Lipinski definition) is 4. The lowest BCUT2D eigenvalue weighted by Gasteiger charge is -2.47. The largest absolute Gasteiger partial charge is 0.298 e. The van der Waals surface area contributed by atoms with Crippen molar-refractivity contribution in [2.24, 2.45) is 5.41 Å². The Balaban J connectivity index is 1.35. The summed E-state index contributed by atoms with van der Waals surface area (Å²) in [5.41, 5.74) is 1.50. The van der Waals surface area contributed by atoms with Crippen LogP contribution in [-0.2, 0) is 16.6 Å². The molecule has 114 valence electrons. The summed E-state index contributed by atoms with van der Waals surface area (Å²) in [5.74, 6) is 0. The molecule has 0 atom stereocenters. The molecule has 0 bridgehead atoms. The van der Waals surface area contributed by atoms with Gasteiger partial charge in [-0.15, -0.1) is 0 Å². The minimum Gasteiger partial charge on any atom is -0.298 e. The minimum absolute atomic E-state index is 0.0656. The van der Waals surface area contributed by atoms with Crippen molar-refractivity contribution >= 4 is 10.0 Å². The number of hydrogen-bond donors (Lipinski definition) is 0. The first-order valence-corrected chi connectivity index (χ1v) is 9.18. The van der Waals surface area contributed by atoms with Crippen molar-refractivity contribution in [1.29, 1.82) is 0 Å². The van der Waals surface area contributed by atoms with Crippen LogP contribution in [0.3, 0.4) is 0 Å². The summed E-state index contributed by atoms with van der Waals surface area (Å²) in [6, 6.07) is 4.10. The van der Waals surface area contributed by atoms with Crippen molar-refractivity contribution in [3.8, 4) is 0 Å². The molecule has 3 heterocycles. The molecule has 1 aromatic rings. The maximum atomic E-state index is 12.2. The van der Waals surface area contributed by atoms with E-state index in [2.05, 4.69) is 22.0 Å². The zero-order chi connectivity index (χ0) is 14.5. The lowest BCUT2D eigenvalue weighted by molar-refractivity contribution is 0.0768. The molecule has 6 heteroatoms. The zero-order valence-corrected chi connectivity index (χ0v) is 12.9. The highest BCUT2D eigenvalue weighted by molar-refractivity contribution is 7.90. The predicted octanol–water partition coefficient (Wildman–Crippen LogP) is 1.08. The number of likely N-dealkylation sites (tertiary alicyclic amines) is 1. The molecule has 1 aliphatic carbocycles. The molecule has 21 heavy (non-hydrogen) atoms. The van der Waals surface area contributed by atoms with E-state index in [9.17, 15) is 8.42 Å². The van der Waals surface area contributed by atoms with Crippen LogP contribution in [0.1, 0.15) is 24.8 Å². The minimum atomic E-state index is -2.96.